The number of hydrogen-bond donors (Lipinski definition) is 0. The molecule has 1 aromatic carbocycles. The number of benzene rings is 1. The summed E-state index contributed by atoms with van der Waals surface area (Å²) in [5.74, 6) is -1.47. The average molecular weight is 373 g/mol. The molecule has 120 valence electrons. The quantitative estimate of drug-likeness (QED) is 0.302. The fraction of sp³-hybridized carbons (Fsp3) is 0.400. The van der Waals surface area contributed by atoms with Crippen LogP contribution in [0.3, 0.4) is 0 Å². The van der Waals surface area contributed by atoms with Crippen molar-refractivity contribution < 1.29 is 28.6 Å². The van der Waals surface area contributed by atoms with Gasteiger partial charge in [-0.3, -0.25) is 9.59 Å². The van der Waals surface area contributed by atoms with Gasteiger partial charge in [0.2, 0.25) is 0 Å². The summed E-state index contributed by atoms with van der Waals surface area (Å²) in [4.78, 5) is 33.8. The molecule has 0 atom stereocenters. The molecule has 0 aliphatic heterocycles. The highest BCUT2D eigenvalue weighted by Crippen LogP contribution is 2.27. The van der Waals surface area contributed by atoms with E-state index in [9.17, 15) is 14.4 Å². The van der Waals surface area contributed by atoms with Crippen molar-refractivity contribution in [3.8, 4) is 11.5 Å². The van der Waals surface area contributed by atoms with E-state index in [1.165, 1.54) is 19.1 Å². The number of hydrogen-bond acceptors (Lipinski definition) is 6. The molecule has 0 bridgehead atoms. The van der Waals surface area contributed by atoms with Crippen molar-refractivity contribution in [3.63, 3.8) is 0 Å². The van der Waals surface area contributed by atoms with E-state index < -0.39 is 24.5 Å². The number of rotatable bonds is 8. The van der Waals surface area contributed by atoms with Crippen LogP contribution in [0, 0.1) is 0 Å². The molecule has 0 saturated heterocycles. The number of carbonyl (C=O) groups excluding carboxylic acids is 3. The largest absolute Gasteiger partial charge is 0.454 e. The molecule has 0 heterocycles. The predicted octanol–water partition coefficient (Wildman–Crippen LogP) is 2.63. The van der Waals surface area contributed by atoms with Gasteiger partial charge in [-0.2, -0.15) is 0 Å². The van der Waals surface area contributed by atoms with Gasteiger partial charge >= 0.3 is 17.9 Å². The minimum atomic E-state index is -0.752. The van der Waals surface area contributed by atoms with Gasteiger partial charge in [-0.05, 0) is 25.0 Å². The van der Waals surface area contributed by atoms with Crippen LogP contribution in [0.1, 0.15) is 26.2 Å². The van der Waals surface area contributed by atoms with Crippen molar-refractivity contribution in [2.45, 2.75) is 26.2 Å². The fourth-order valence-electron chi connectivity index (χ4n) is 1.47. The van der Waals surface area contributed by atoms with Gasteiger partial charge in [0.1, 0.15) is 0 Å². The Morgan fingerprint density at radius 1 is 1.00 bits per heavy atom. The maximum atomic E-state index is 11.7. The number of esters is 3. The molecule has 0 amide bonds. The third-order valence-electron chi connectivity index (χ3n) is 2.45. The van der Waals surface area contributed by atoms with Gasteiger partial charge in [0.15, 0.2) is 18.1 Å². The average Bonchev–Trinajstić information content (AvgIpc) is 2.47. The van der Waals surface area contributed by atoms with E-state index in [-0.39, 0.29) is 17.9 Å². The zero-order valence-corrected chi connectivity index (χ0v) is 13.8. The van der Waals surface area contributed by atoms with Gasteiger partial charge < -0.3 is 14.2 Å². The summed E-state index contributed by atoms with van der Waals surface area (Å²) in [6, 6.07) is 6.31. The first kappa shape index (κ1) is 18.2. The minimum absolute atomic E-state index is 0.105. The lowest BCUT2D eigenvalue weighted by Gasteiger charge is -2.10. The van der Waals surface area contributed by atoms with Crippen molar-refractivity contribution in [2.24, 2.45) is 0 Å². The normalized spacial score (nSPS) is 9.91. The van der Waals surface area contributed by atoms with Crippen molar-refractivity contribution in [3.05, 3.63) is 24.3 Å². The summed E-state index contributed by atoms with van der Waals surface area (Å²) in [5, 5.41) is 0.824. The molecule has 0 fully saturated rings. The van der Waals surface area contributed by atoms with Gasteiger partial charge in [0, 0.05) is 18.7 Å². The molecule has 1 rings (SSSR count). The van der Waals surface area contributed by atoms with Crippen LogP contribution in [-0.4, -0.2) is 29.8 Å². The van der Waals surface area contributed by atoms with Gasteiger partial charge in [-0.1, -0.05) is 28.1 Å². The zero-order valence-electron chi connectivity index (χ0n) is 12.2. The van der Waals surface area contributed by atoms with Crippen LogP contribution < -0.4 is 9.47 Å². The van der Waals surface area contributed by atoms with Crippen LogP contribution in [0.4, 0.5) is 0 Å². The summed E-state index contributed by atoms with van der Waals surface area (Å²) in [6.45, 7) is 0.693. The van der Waals surface area contributed by atoms with Gasteiger partial charge in [0.05, 0.1) is 0 Å². The monoisotopic (exact) mass is 372 g/mol. The third-order valence-corrected chi connectivity index (χ3v) is 3.02. The molecule has 0 aliphatic rings. The molecular formula is C15H17BrO6. The Morgan fingerprint density at radius 3 is 2.14 bits per heavy atom. The first-order chi connectivity index (χ1) is 10.5. The maximum absolute atomic E-state index is 11.7. The van der Waals surface area contributed by atoms with Gasteiger partial charge in [0.25, 0.3) is 0 Å². The first-order valence-electron chi connectivity index (χ1n) is 6.72. The fourth-order valence-corrected chi connectivity index (χ4v) is 1.87. The van der Waals surface area contributed by atoms with E-state index in [4.69, 9.17) is 9.47 Å². The number of alkyl halides is 1. The van der Waals surface area contributed by atoms with E-state index in [1.54, 1.807) is 12.1 Å². The van der Waals surface area contributed by atoms with Crippen molar-refractivity contribution in [2.75, 3.05) is 11.9 Å². The molecule has 0 spiro atoms. The topological polar surface area (TPSA) is 78.9 Å². The van der Waals surface area contributed by atoms with Crippen LogP contribution in [0.5, 0.6) is 11.5 Å². The van der Waals surface area contributed by atoms with E-state index >= 15 is 0 Å². The van der Waals surface area contributed by atoms with E-state index in [0.29, 0.717) is 6.42 Å². The van der Waals surface area contributed by atoms with Crippen molar-refractivity contribution in [1.29, 1.82) is 0 Å². The van der Waals surface area contributed by atoms with Crippen LogP contribution in [0.25, 0.3) is 0 Å². The number of para-hydroxylation sites is 2. The molecule has 0 radical (unpaired) electrons. The van der Waals surface area contributed by atoms with Crippen LogP contribution in [-0.2, 0) is 19.1 Å². The van der Waals surface area contributed by atoms with Crippen LogP contribution >= 0.6 is 15.9 Å². The van der Waals surface area contributed by atoms with Crippen molar-refractivity contribution >= 4 is 33.8 Å². The third kappa shape index (κ3) is 7.21. The Bertz CT molecular complexity index is 529. The lowest BCUT2D eigenvalue weighted by molar-refractivity contribution is -0.152. The molecule has 0 aromatic heterocycles. The number of unbranched alkanes of at least 4 members (excludes halogenated alkanes) is 1. The Balaban J connectivity index is 2.59. The SMILES string of the molecule is CC(=O)OCC(=O)Oc1ccccc1OC(=O)CCCCBr. The van der Waals surface area contributed by atoms with Crippen molar-refractivity contribution in [1.82, 2.24) is 0 Å². The lowest BCUT2D eigenvalue weighted by atomic mass is 10.2. The molecule has 0 aliphatic carbocycles. The minimum Gasteiger partial charge on any atom is -0.454 e. The summed E-state index contributed by atoms with van der Waals surface area (Å²) in [7, 11) is 0. The molecule has 1 aromatic rings. The first-order valence-corrected chi connectivity index (χ1v) is 7.84. The second-order valence-electron chi connectivity index (χ2n) is 4.32. The van der Waals surface area contributed by atoms with Crippen LogP contribution in [0.2, 0.25) is 0 Å². The Hall–Kier alpha value is -1.89. The molecule has 0 unspecified atom stereocenters. The second kappa shape index (κ2) is 9.94. The molecule has 0 N–H and O–H groups in total. The summed E-state index contributed by atoms with van der Waals surface area (Å²) in [5.41, 5.74) is 0. The summed E-state index contributed by atoms with van der Waals surface area (Å²) in [6.07, 6.45) is 1.86. The highest BCUT2D eigenvalue weighted by atomic mass is 79.9. The second-order valence-corrected chi connectivity index (χ2v) is 5.11. The molecule has 0 saturated carbocycles. The smallest absolute Gasteiger partial charge is 0.349 e. The maximum Gasteiger partial charge on any atom is 0.349 e. The molecular weight excluding hydrogens is 356 g/mol. The Kier molecular flexibility index (Phi) is 8.21. The lowest BCUT2D eigenvalue weighted by Crippen LogP contribution is -2.18. The highest BCUT2D eigenvalue weighted by Gasteiger charge is 2.14. The summed E-state index contributed by atoms with van der Waals surface area (Å²) >= 11 is 3.28. The number of carbonyl (C=O) groups is 3. The Morgan fingerprint density at radius 2 is 1.59 bits per heavy atom. The Labute approximate surface area is 136 Å². The molecule has 7 heteroatoms. The number of halogens is 1. The highest BCUT2D eigenvalue weighted by molar-refractivity contribution is 9.09. The van der Waals surface area contributed by atoms with E-state index in [0.717, 1.165) is 11.8 Å². The van der Waals surface area contributed by atoms with Gasteiger partial charge in [-0.25, -0.2) is 4.79 Å². The van der Waals surface area contributed by atoms with Gasteiger partial charge in [-0.15, -0.1) is 0 Å². The number of ether oxygens (including phenoxy) is 3. The standard InChI is InChI=1S/C15H17BrO6/c1-11(17)20-10-15(19)22-13-7-3-2-6-12(13)21-14(18)8-4-5-9-16/h2-3,6-7H,4-5,8-10H2,1H3. The van der Waals surface area contributed by atoms with E-state index in [2.05, 4.69) is 20.7 Å². The molecule has 22 heavy (non-hydrogen) atoms. The van der Waals surface area contributed by atoms with E-state index in [1.807, 2.05) is 0 Å². The van der Waals surface area contributed by atoms with Crippen LogP contribution in [0.15, 0.2) is 24.3 Å². The zero-order chi connectivity index (χ0) is 16.4. The summed E-state index contributed by atoms with van der Waals surface area (Å²) < 4.78 is 14.7. The predicted molar refractivity (Wildman–Crippen MR) is 82.0 cm³/mol. The molecule has 6 nitrogen and oxygen atoms in total.